The van der Waals surface area contributed by atoms with Gasteiger partial charge in [-0.25, -0.2) is 0 Å². The van der Waals surface area contributed by atoms with E-state index in [1.54, 1.807) is 24.3 Å². The lowest BCUT2D eigenvalue weighted by Gasteiger charge is -2.10. The average molecular weight is 399 g/mol. The molecule has 0 aromatic heterocycles. The number of benzene rings is 2. The van der Waals surface area contributed by atoms with Crippen molar-refractivity contribution < 1.29 is 27.8 Å². The molecular weight excluding hydrogens is 382 g/mol. The van der Waals surface area contributed by atoms with Crippen molar-refractivity contribution in [3.8, 4) is 11.5 Å². The zero-order chi connectivity index (χ0) is 19.8. The molecule has 0 spiro atoms. The molecule has 2 aromatic carbocycles. The first kappa shape index (κ1) is 20.4. The van der Waals surface area contributed by atoms with Crippen LogP contribution in [0.5, 0.6) is 11.5 Å². The van der Waals surface area contributed by atoms with Crippen LogP contribution in [0, 0.1) is 0 Å². The van der Waals surface area contributed by atoms with E-state index in [0.717, 1.165) is 0 Å². The molecule has 0 radical (unpaired) electrons. The van der Waals surface area contributed by atoms with Crippen molar-refractivity contribution in [1.82, 2.24) is 5.32 Å². The Kier molecular flexibility index (Phi) is 7.36. The number of anilines is 1. The highest BCUT2D eigenvalue weighted by atomic mass is 35.5. The lowest BCUT2D eigenvalue weighted by Crippen LogP contribution is -2.32. The molecule has 9 heteroatoms. The number of amides is 2. The number of nitrogens with one attached hydrogen (secondary N) is 2. The second-order valence-corrected chi connectivity index (χ2v) is 5.62. The Morgan fingerprint density at radius 1 is 1.15 bits per heavy atom. The zero-order valence-corrected chi connectivity index (χ0v) is 15.1. The third kappa shape index (κ3) is 6.41. The number of ether oxygens (including phenoxy) is 2. The Hall–Kier alpha value is -2.87. The topological polar surface area (TPSA) is 76.7 Å². The van der Waals surface area contributed by atoms with Crippen molar-refractivity contribution >= 4 is 29.1 Å². The third-order valence-electron chi connectivity index (χ3n) is 3.27. The van der Waals surface area contributed by atoms with E-state index in [1.165, 1.54) is 18.2 Å². The number of hydrogen-bond acceptors (Lipinski definition) is 4. The summed E-state index contributed by atoms with van der Waals surface area (Å²) in [7, 11) is 0. The monoisotopic (exact) mass is 398 g/mol. The summed E-state index contributed by atoms with van der Waals surface area (Å²) in [6, 6.07) is 10.3. The molecule has 0 saturated carbocycles. The molecule has 2 N–H and O–H groups in total. The van der Waals surface area contributed by atoms with Gasteiger partial charge in [0, 0.05) is 11.3 Å². The molecule has 0 atom stereocenters. The van der Waals surface area contributed by atoms with E-state index in [4.69, 9.17) is 16.3 Å². The molecule has 2 amide bonds. The molecule has 0 aliphatic rings. The Balaban J connectivity index is 1.86. The number of halogens is 3. The van der Waals surface area contributed by atoms with Gasteiger partial charge in [0.15, 0.2) is 0 Å². The fraction of sp³-hybridized carbons (Fsp3) is 0.222. The summed E-state index contributed by atoms with van der Waals surface area (Å²) >= 11 is 5.81. The van der Waals surface area contributed by atoms with Crippen LogP contribution in [0.2, 0.25) is 5.02 Å². The van der Waals surface area contributed by atoms with Crippen molar-refractivity contribution in [2.24, 2.45) is 0 Å². The predicted octanol–water partition coefficient (Wildman–Crippen LogP) is 3.71. The SMILES string of the molecule is CCOc1ccc(C(=O)NCC(=O)Nc2ccc(OC(F)F)c(Cl)c2)cc1. The van der Waals surface area contributed by atoms with Gasteiger partial charge in [-0.3, -0.25) is 9.59 Å². The molecule has 2 aromatic rings. The molecular formula is C18H17ClF2N2O4. The molecule has 27 heavy (non-hydrogen) atoms. The van der Waals surface area contributed by atoms with E-state index in [1.807, 2.05) is 6.92 Å². The first-order valence-electron chi connectivity index (χ1n) is 7.94. The number of carbonyl (C=O) groups is 2. The molecule has 0 bridgehead atoms. The molecule has 6 nitrogen and oxygen atoms in total. The highest BCUT2D eigenvalue weighted by molar-refractivity contribution is 6.32. The number of hydrogen-bond donors (Lipinski definition) is 2. The van der Waals surface area contributed by atoms with E-state index < -0.39 is 18.4 Å². The maximum atomic E-state index is 12.2. The van der Waals surface area contributed by atoms with Gasteiger partial charge in [0.25, 0.3) is 5.91 Å². The molecule has 0 saturated heterocycles. The van der Waals surface area contributed by atoms with Gasteiger partial charge in [0.2, 0.25) is 5.91 Å². The first-order valence-corrected chi connectivity index (χ1v) is 8.32. The summed E-state index contributed by atoms with van der Waals surface area (Å²) in [5.41, 5.74) is 0.657. The lowest BCUT2D eigenvalue weighted by atomic mass is 10.2. The fourth-order valence-corrected chi connectivity index (χ4v) is 2.33. The Morgan fingerprint density at radius 3 is 2.44 bits per heavy atom. The maximum absolute atomic E-state index is 12.2. The standard InChI is InChI=1S/C18H17ClF2N2O4/c1-2-26-13-6-3-11(4-7-13)17(25)22-10-16(24)23-12-5-8-15(14(19)9-12)27-18(20)21/h3-9,18H,2,10H2,1H3,(H,22,25)(H,23,24). The summed E-state index contributed by atoms with van der Waals surface area (Å²) in [5.74, 6) is -0.490. The van der Waals surface area contributed by atoms with Gasteiger partial charge in [-0.1, -0.05) is 11.6 Å². The average Bonchev–Trinajstić information content (AvgIpc) is 2.62. The van der Waals surface area contributed by atoms with Crippen molar-refractivity contribution in [3.05, 3.63) is 53.1 Å². The molecule has 144 valence electrons. The lowest BCUT2D eigenvalue weighted by molar-refractivity contribution is -0.115. The van der Waals surface area contributed by atoms with Crippen LogP contribution in [-0.4, -0.2) is 31.6 Å². The predicted molar refractivity (Wildman–Crippen MR) is 96.7 cm³/mol. The Morgan fingerprint density at radius 2 is 1.85 bits per heavy atom. The minimum Gasteiger partial charge on any atom is -0.494 e. The van der Waals surface area contributed by atoms with Crippen LogP contribution < -0.4 is 20.1 Å². The molecule has 2 rings (SSSR count). The van der Waals surface area contributed by atoms with E-state index in [9.17, 15) is 18.4 Å². The summed E-state index contributed by atoms with van der Waals surface area (Å²) in [6.45, 7) is -0.906. The smallest absolute Gasteiger partial charge is 0.387 e. The molecule has 0 aliphatic carbocycles. The highest BCUT2D eigenvalue weighted by Crippen LogP contribution is 2.28. The molecule has 0 heterocycles. The van der Waals surface area contributed by atoms with E-state index in [0.29, 0.717) is 17.9 Å². The summed E-state index contributed by atoms with van der Waals surface area (Å²) in [6.07, 6.45) is 0. The molecule has 0 unspecified atom stereocenters. The minimum absolute atomic E-state index is 0.0773. The zero-order valence-electron chi connectivity index (χ0n) is 14.3. The number of rotatable bonds is 8. The van der Waals surface area contributed by atoms with Crippen LogP contribution in [0.3, 0.4) is 0 Å². The minimum atomic E-state index is -3.00. The van der Waals surface area contributed by atoms with Gasteiger partial charge in [-0.15, -0.1) is 0 Å². The van der Waals surface area contributed by atoms with Crippen LogP contribution in [0.4, 0.5) is 14.5 Å². The third-order valence-corrected chi connectivity index (χ3v) is 3.56. The van der Waals surface area contributed by atoms with Gasteiger partial charge in [0.1, 0.15) is 11.5 Å². The van der Waals surface area contributed by atoms with Gasteiger partial charge >= 0.3 is 6.61 Å². The Labute approximate surface area is 159 Å². The summed E-state index contributed by atoms with van der Waals surface area (Å²) < 4.78 is 33.9. The van der Waals surface area contributed by atoms with E-state index in [2.05, 4.69) is 15.4 Å². The van der Waals surface area contributed by atoms with Gasteiger partial charge in [-0.05, 0) is 49.4 Å². The normalized spacial score (nSPS) is 10.4. The number of carbonyl (C=O) groups excluding carboxylic acids is 2. The first-order chi connectivity index (χ1) is 12.9. The van der Waals surface area contributed by atoms with Gasteiger partial charge in [-0.2, -0.15) is 8.78 Å². The Bertz CT molecular complexity index is 800. The molecule has 0 fully saturated rings. The van der Waals surface area contributed by atoms with Gasteiger partial charge < -0.3 is 20.1 Å². The largest absolute Gasteiger partial charge is 0.494 e. The van der Waals surface area contributed by atoms with Gasteiger partial charge in [0.05, 0.1) is 18.2 Å². The van der Waals surface area contributed by atoms with Crippen molar-refractivity contribution in [2.45, 2.75) is 13.5 Å². The van der Waals surface area contributed by atoms with Crippen molar-refractivity contribution in [3.63, 3.8) is 0 Å². The molecule has 0 aliphatic heterocycles. The number of alkyl halides is 2. The highest BCUT2D eigenvalue weighted by Gasteiger charge is 2.12. The van der Waals surface area contributed by atoms with Crippen LogP contribution in [0.1, 0.15) is 17.3 Å². The fourth-order valence-electron chi connectivity index (χ4n) is 2.11. The van der Waals surface area contributed by atoms with Crippen LogP contribution in [0.25, 0.3) is 0 Å². The van der Waals surface area contributed by atoms with Crippen LogP contribution in [0.15, 0.2) is 42.5 Å². The van der Waals surface area contributed by atoms with E-state index >= 15 is 0 Å². The summed E-state index contributed by atoms with van der Waals surface area (Å²) in [4.78, 5) is 24.0. The summed E-state index contributed by atoms with van der Waals surface area (Å²) in [5, 5.41) is 4.89. The van der Waals surface area contributed by atoms with Crippen LogP contribution in [-0.2, 0) is 4.79 Å². The second kappa shape index (κ2) is 9.72. The second-order valence-electron chi connectivity index (χ2n) is 5.21. The van der Waals surface area contributed by atoms with Crippen molar-refractivity contribution in [1.29, 1.82) is 0 Å². The van der Waals surface area contributed by atoms with Crippen molar-refractivity contribution in [2.75, 3.05) is 18.5 Å². The van der Waals surface area contributed by atoms with E-state index in [-0.39, 0.29) is 23.0 Å². The maximum Gasteiger partial charge on any atom is 0.387 e. The van der Waals surface area contributed by atoms with Crippen LogP contribution >= 0.6 is 11.6 Å². The quantitative estimate of drug-likeness (QED) is 0.710.